The van der Waals surface area contributed by atoms with Crippen LogP contribution in [0.3, 0.4) is 0 Å². The minimum absolute atomic E-state index is 0.269. The number of fused-ring (bicyclic) bond motifs is 1. The summed E-state index contributed by atoms with van der Waals surface area (Å²) in [5.74, 6) is 2.06. The minimum atomic E-state index is 0.269. The van der Waals surface area contributed by atoms with E-state index in [0.29, 0.717) is 19.0 Å². The third-order valence-electron chi connectivity index (χ3n) is 2.92. The van der Waals surface area contributed by atoms with Crippen molar-refractivity contribution < 1.29 is 14.2 Å². The molecule has 3 rings (SSSR count). The average molecular weight is 337 g/mol. The van der Waals surface area contributed by atoms with E-state index in [-0.39, 0.29) is 6.79 Å². The van der Waals surface area contributed by atoms with Crippen molar-refractivity contribution in [2.45, 2.75) is 13.2 Å². The lowest BCUT2D eigenvalue weighted by Crippen LogP contribution is -2.04. The number of rotatable bonds is 4. The van der Waals surface area contributed by atoms with E-state index in [1.165, 1.54) is 0 Å². The highest BCUT2D eigenvalue weighted by Crippen LogP contribution is 2.32. The Morgan fingerprint density at radius 3 is 2.95 bits per heavy atom. The van der Waals surface area contributed by atoms with E-state index in [0.717, 1.165) is 27.1 Å². The lowest BCUT2D eigenvalue weighted by atomic mass is 10.2. The van der Waals surface area contributed by atoms with E-state index in [1.807, 2.05) is 24.3 Å². The van der Waals surface area contributed by atoms with Crippen molar-refractivity contribution in [1.29, 1.82) is 0 Å². The Labute approximate surface area is 124 Å². The molecule has 0 spiro atoms. The second-order valence-electron chi connectivity index (χ2n) is 4.30. The Balaban J connectivity index is 1.73. The van der Waals surface area contributed by atoms with Crippen LogP contribution in [0.15, 0.2) is 34.9 Å². The van der Waals surface area contributed by atoms with E-state index in [9.17, 15) is 0 Å². The Morgan fingerprint density at radius 2 is 2.10 bits per heavy atom. The van der Waals surface area contributed by atoms with Gasteiger partial charge in [0.15, 0.2) is 11.5 Å². The smallest absolute Gasteiger partial charge is 0.231 e. The van der Waals surface area contributed by atoms with Gasteiger partial charge in [0.25, 0.3) is 0 Å². The van der Waals surface area contributed by atoms with Crippen LogP contribution in [0, 0.1) is 0 Å². The van der Waals surface area contributed by atoms with Gasteiger partial charge in [-0.05, 0) is 39.7 Å². The molecule has 0 fully saturated rings. The number of halogens is 1. The number of benzene rings is 1. The molecular formula is C14H13BrN2O3. The van der Waals surface area contributed by atoms with Gasteiger partial charge in [-0.25, -0.2) is 4.98 Å². The van der Waals surface area contributed by atoms with E-state index in [2.05, 4.69) is 20.9 Å². The van der Waals surface area contributed by atoms with Crippen molar-refractivity contribution in [2.75, 3.05) is 6.79 Å². The molecule has 5 nitrogen and oxygen atoms in total. The first kappa shape index (κ1) is 13.2. The van der Waals surface area contributed by atoms with Crippen LogP contribution in [-0.2, 0) is 13.2 Å². The van der Waals surface area contributed by atoms with Crippen LogP contribution in [0.5, 0.6) is 17.4 Å². The zero-order valence-corrected chi connectivity index (χ0v) is 12.2. The van der Waals surface area contributed by atoms with Crippen LogP contribution >= 0.6 is 15.9 Å². The predicted molar refractivity (Wildman–Crippen MR) is 76.7 cm³/mol. The van der Waals surface area contributed by atoms with Crippen molar-refractivity contribution in [3.63, 3.8) is 0 Å². The van der Waals surface area contributed by atoms with Gasteiger partial charge in [0.1, 0.15) is 6.61 Å². The minimum Gasteiger partial charge on any atom is -0.473 e. The molecule has 0 aliphatic carbocycles. The van der Waals surface area contributed by atoms with Crippen LogP contribution in [-0.4, -0.2) is 11.8 Å². The molecule has 1 aromatic carbocycles. The third kappa shape index (κ3) is 2.71. The molecule has 0 bridgehead atoms. The normalized spacial score (nSPS) is 12.5. The van der Waals surface area contributed by atoms with E-state index in [1.54, 1.807) is 6.20 Å². The Bertz CT molecular complexity index is 634. The molecule has 6 heteroatoms. The maximum atomic E-state index is 5.72. The van der Waals surface area contributed by atoms with Gasteiger partial charge >= 0.3 is 0 Å². The molecule has 1 aromatic heterocycles. The average Bonchev–Trinajstić information content (AvgIpc) is 2.93. The number of ether oxygens (including phenoxy) is 3. The van der Waals surface area contributed by atoms with E-state index < -0.39 is 0 Å². The monoisotopic (exact) mass is 336 g/mol. The molecule has 104 valence electrons. The van der Waals surface area contributed by atoms with Gasteiger partial charge in [0.2, 0.25) is 12.7 Å². The van der Waals surface area contributed by atoms with Crippen molar-refractivity contribution >= 4 is 15.9 Å². The molecule has 0 unspecified atom stereocenters. The second-order valence-corrected chi connectivity index (χ2v) is 5.21. The number of aromatic nitrogens is 1. The fraction of sp³-hybridized carbons (Fsp3) is 0.214. The van der Waals surface area contributed by atoms with Gasteiger partial charge < -0.3 is 19.9 Å². The van der Waals surface area contributed by atoms with Crippen molar-refractivity contribution in [3.8, 4) is 17.4 Å². The Kier molecular flexibility index (Phi) is 3.75. The number of hydrogen-bond donors (Lipinski definition) is 1. The summed E-state index contributed by atoms with van der Waals surface area (Å²) < 4.78 is 17.2. The zero-order chi connectivity index (χ0) is 13.9. The molecule has 0 radical (unpaired) electrons. The topological polar surface area (TPSA) is 66.6 Å². The molecule has 2 heterocycles. The fourth-order valence-corrected chi connectivity index (χ4v) is 2.31. The van der Waals surface area contributed by atoms with Crippen molar-refractivity contribution in [3.05, 3.63) is 46.1 Å². The Hall–Kier alpha value is -1.79. The summed E-state index contributed by atoms with van der Waals surface area (Å²) in [6.45, 7) is 1.05. The van der Waals surface area contributed by atoms with Gasteiger partial charge in [0, 0.05) is 22.8 Å². The van der Waals surface area contributed by atoms with Gasteiger partial charge in [-0.1, -0.05) is 6.07 Å². The van der Waals surface area contributed by atoms with Crippen molar-refractivity contribution in [2.24, 2.45) is 5.73 Å². The summed E-state index contributed by atoms with van der Waals surface area (Å²) in [7, 11) is 0. The standard InChI is InChI=1S/C14H13BrN2O3/c15-11-4-10(5-16)14(17-6-11)18-7-9-1-2-12-13(3-9)20-8-19-12/h1-4,6H,5,7-8,16H2. The zero-order valence-electron chi connectivity index (χ0n) is 10.6. The van der Waals surface area contributed by atoms with E-state index in [4.69, 9.17) is 19.9 Å². The van der Waals surface area contributed by atoms with Crippen LogP contribution in [0.1, 0.15) is 11.1 Å². The molecule has 1 aliphatic heterocycles. The highest BCUT2D eigenvalue weighted by atomic mass is 79.9. The summed E-state index contributed by atoms with van der Waals surface area (Å²) in [4.78, 5) is 4.23. The van der Waals surface area contributed by atoms with Gasteiger partial charge in [-0.15, -0.1) is 0 Å². The molecule has 2 aromatic rings. The quantitative estimate of drug-likeness (QED) is 0.929. The summed E-state index contributed by atoms with van der Waals surface area (Å²) in [6, 6.07) is 7.62. The number of pyridine rings is 1. The van der Waals surface area contributed by atoms with Crippen molar-refractivity contribution in [1.82, 2.24) is 4.98 Å². The first-order chi connectivity index (χ1) is 9.76. The fourth-order valence-electron chi connectivity index (χ4n) is 1.93. The summed E-state index contributed by atoms with van der Waals surface area (Å²) >= 11 is 3.36. The molecular weight excluding hydrogens is 324 g/mol. The molecule has 20 heavy (non-hydrogen) atoms. The SMILES string of the molecule is NCc1cc(Br)cnc1OCc1ccc2c(c1)OCO2. The maximum absolute atomic E-state index is 5.72. The summed E-state index contributed by atoms with van der Waals surface area (Å²) in [6.07, 6.45) is 1.69. The highest BCUT2D eigenvalue weighted by Gasteiger charge is 2.13. The van der Waals surface area contributed by atoms with Crippen LogP contribution in [0.4, 0.5) is 0 Å². The first-order valence-corrected chi connectivity index (χ1v) is 6.91. The maximum Gasteiger partial charge on any atom is 0.231 e. The number of hydrogen-bond acceptors (Lipinski definition) is 5. The number of nitrogens with zero attached hydrogens (tertiary/aromatic N) is 1. The molecule has 0 saturated heterocycles. The lowest BCUT2D eigenvalue weighted by molar-refractivity contribution is 0.174. The molecule has 0 amide bonds. The van der Waals surface area contributed by atoms with E-state index >= 15 is 0 Å². The first-order valence-electron chi connectivity index (χ1n) is 6.12. The van der Waals surface area contributed by atoms with Crippen LogP contribution in [0.25, 0.3) is 0 Å². The largest absolute Gasteiger partial charge is 0.473 e. The third-order valence-corrected chi connectivity index (χ3v) is 3.36. The highest BCUT2D eigenvalue weighted by molar-refractivity contribution is 9.10. The van der Waals surface area contributed by atoms with Crippen LogP contribution in [0.2, 0.25) is 0 Å². The van der Waals surface area contributed by atoms with Gasteiger partial charge in [-0.3, -0.25) is 0 Å². The second kappa shape index (κ2) is 5.68. The molecule has 1 aliphatic rings. The Morgan fingerprint density at radius 1 is 1.25 bits per heavy atom. The van der Waals surface area contributed by atoms with Gasteiger partial charge in [0.05, 0.1) is 0 Å². The predicted octanol–water partition coefficient (Wildman–Crippen LogP) is 2.61. The number of nitrogens with two attached hydrogens (primary N) is 1. The molecule has 0 atom stereocenters. The van der Waals surface area contributed by atoms with Gasteiger partial charge in [-0.2, -0.15) is 0 Å². The molecule has 2 N–H and O–H groups in total. The van der Waals surface area contributed by atoms with Crippen LogP contribution < -0.4 is 19.9 Å². The molecule has 0 saturated carbocycles. The lowest BCUT2D eigenvalue weighted by Gasteiger charge is -2.10. The summed E-state index contributed by atoms with van der Waals surface area (Å²) in [5.41, 5.74) is 7.53. The summed E-state index contributed by atoms with van der Waals surface area (Å²) in [5, 5.41) is 0.